The molecule has 1 rings (SSSR count). The Morgan fingerprint density at radius 3 is 2.29 bits per heavy atom. The molecule has 0 aromatic heterocycles. The summed E-state index contributed by atoms with van der Waals surface area (Å²) in [4.78, 5) is 11.6. The molecule has 14 heavy (non-hydrogen) atoms. The Balaban J connectivity index is 2.89. The van der Waals surface area contributed by atoms with Crippen LogP contribution in [0.2, 0.25) is 5.02 Å². The minimum Gasteiger partial charge on any atom is -0.299 e. The van der Waals surface area contributed by atoms with Crippen LogP contribution in [0.3, 0.4) is 0 Å². The fourth-order valence-corrected chi connectivity index (χ4v) is 1.72. The smallest absolute Gasteiger partial charge is 0.140 e. The number of carbonyl (C=O) groups is 1. The molecule has 76 valence electrons. The number of carbonyl (C=O) groups excluding carboxylic acids is 1. The van der Waals surface area contributed by atoms with E-state index < -0.39 is 0 Å². The zero-order chi connectivity index (χ0) is 10.6. The molecule has 0 heterocycles. The van der Waals surface area contributed by atoms with Gasteiger partial charge in [0.1, 0.15) is 5.78 Å². The predicted octanol–water partition coefficient (Wildman–Crippen LogP) is 3.81. The van der Waals surface area contributed by atoms with Crippen molar-refractivity contribution in [2.45, 2.75) is 32.6 Å². The Hall–Kier alpha value is -0.820. The molecule has 0 N–H and O–H groups in total. The fourth-order valence-electron chi connectivity index (χ4n) is 1.59. The minimum atomic E-state index is 0.0391. The Bertz CT molecular complexity index is 303. The monoisotopic (exact) mass is 210 g/mol. The lowest BCUT2D eigenvalue weighted by molar-refractivity contribution is -0.120. The lowest BCUT2D eigenvalue weighted by atomic mass is 9.91. The van der Waals surface area contributed by atoms with Crippen molar-refractivity contribution in [3.05, 3.63) is 34.9 Å². The molecule has 0 bridgehead atoms. The third kappa shape index (κ3) is 2.58. The molecule has 1 aromatic carbocycles. The SMILES string of the molecule is CCC(=O)C(CC)c1ccc(Cl)cc1. The molecule has 1 unspecified atom stereocenters. The molecule has 2 heteroatoms. The molecule has 0 saturated heterocycles. The first kappa shape index (κ1) is 11.3. The van der Waals surface area contributed by atoms with Crippen molar-refractivity contribution in [1.29, 1.82) is 0 Å². The maximum Gasteiger partial charge on any atom is 0.140 e. The second-order valence-electron chi connectivity index (χ2n) is 3.33. The highest BCUT2D eigenvalue weighted by Crippen LogP contribution is 2.23. The van der Waals surface area contributed by atoms with Crippen LogP contribution in [0.4, 0.5) is 0 Å². The van der Waals surface area contributed by atoms with E-state index in [1.165, 1.54) is 0 Å². The van der Waals surface area contributed by atoms with Gasteiger partial charge in [-0.25, -0.2) is 0 Å². The Morgan fingerprint density at radius 2 is 1.86 bits per heavy atom. The molecule has 1 nitrogen and oxygen atoms in total. The van der Waals surface area contributed by atoms with Crippen LogP contribution in [0.1, 0.15) is 38.2 Å². The van der Waals surface area contributed by atoms with Crippen molar-refractivity contribution >= 4 is 17.4 Å². The molecule has 1 aromatic rings. The van der Waals surface area contributed by atoms with Gasteiger partial charge in [-0.1, -0.05) is 37.6 Å². The molecule has 0 aliphatic heterocycles. The van der Waals surface area contributed by atoms with Crippen LogP contribution in [0.25, 0.3) is 0 Å². The normalized spacial score (nSPS) is 12.5. The van der Waals surface area contributed by atoms with Crippen molar-refractivity contribution in [2.75, 3.05) is 0 Å². The summed E-state index contributed by atoms with van der Waals surface area (Å²) in [7, 11) is 0. The van der Waals surface area contributed by atoms with E-state index in [1.807, 2.05) is 38.1 Å². The summed E-state index contributed by atoms with van der Waals surface area (Å²) in [5.41, 5.74) is 1.07. The lowest BCUT2D eigenvalue weighted by Gasteiger charge is -2.12. The number of rotatable bonds is 4. The average molecular weight is 211 g/mol. The number of hydrogen-bond acceptors (Lipinski definition) is 1. The molecule has 0 radical (unpaired) electrons. The van der Waals surface area contributed by atoms with Gasteiger partial charge in [-0.05, 0) is 24.1 Å². The van der Waals surface area contributed by atoms with E-state index in [1.54, 1.807) is 0 Å². The number of halogens is 1. The maximum atomic E-state index is 11.6. The van der Waals surface area contributed by atoms with E-state index in [-0.39, 0.29) is 5.92 Å². The summed E-state index contributed by atoms with van der Waals surface area (Å²) in [5, 5.41) is 0.715. The molecule has 0 aliphatic rings. The number of hydrogen-bond donors (Lipinski definition) is 0. The Kier molecular flexibility index (Phi) is 4.15. The minimum absolute atomic E-state index is 0.0391. The predicted molar refractivity (Wildman–Crippen MR) is 59.8 cm³/mol. The molecule has 0 amide bonds. The van der Waals surface area contributed by atoms with Crippen molar-refractivity contribution in [2.24, 2.45) is 0 Å². The molecular formula is C12H15ClO. The van der Waals surface area contributed by atoms with Crippen LogP contribution in [0.5, 0.6) is 0 Å². The second kappa shape index (κ2) is 5.16. The zero-order valence-corrected chi connectivity index (χ0v) is 9.34. The summed E-state index contributed by atoms with van der Waals surface area (Å²) >= 11 is 5.79. The maximum absolute atomic E-state index is 11.6. The summed E-state index contributed by atoms with van der Waals surface area (Å²) < 4.78 is 0. The van der Waals surface area contributed by atoms with E-state index >= 15 is 0 Å². The van der Waals surface area contributed by atoms with E-state index in [2.05, 4.69) is 0 Å². The third-order valence-corrected chi connectivity index (χ3v) is 2.67. The van der Waals surface area contributed by atoms with Gasteiger partial charge in [-0.15, -0.1) is 0 Å². The van der Waals surface area contributed by atoms with E-state index in [0.29, 0.717) is 17.2 Å². The molecule has 1 atom stereocenters. The molecule has 0 saturated carbocycles. The van der Waals surface area contributed by atoms with Gasteiger partial charge < -0.3 is 0 Å². The summed E-state index contributed by atoms with van der Waals surface area (Å²) in [6.45, 7) is 3.94. The standard InChI is InChI=1S/C12H15ClO/c1-3-11(12(14)4-2)9-5-7-10(13)8-6-9/h5-8,11H,3-4H2,1-2H3. The van der Waals surface area contributed by atoms with Crippen LogP contribution in [-0.4, -0.2) is 5.78 Å². The quantitative estimate of drug-likeness (QED) is 0.739. The third-order valence-electron chi connectivity index (χ3n) is 2.42. The largest absolute Gasteiger partial charge is 0.299 e. The topological polar surface area (TPSA) is 17.1 Å². The van der Waals surface area contributed by atoms with Gasteiger partial charge in [0, 0.05) is 17.4 Å². The highest BCUT2D eigenvalue weighted by molar-refractivity contribution is 6.30. The van der Waals surface area contributed by atoms with E-state index in [4.69, 9.17) is 11.6 Å². The van der Waals surface area contributed by atoms with Crippen molar-refractivity contribution in [1.82, 2.24) is 0 Å². The first-order valence-electron chi connectivity index (χ1n) is 4.97. The van der Waals surface area contributed by atoms with Crippen LogP contribution < -0.4 is 0 Å². The zero-order valence-electron chi connectivity index (χ0n) is 8.59. The van der Waals surface area contributed by atoms with Crippen molar-refractivity contribution < 1.29 is 4.79 Å². The first-order chi connectivity index (χ1) is 6.69. The molecule has 0 aliphatic carbocycles. The number of benzene rings is 1. The van der Waals surface area contributed by atoms with Gasteiger partial charge in [0.2, 0.25) is 0 Å². The Morgan fingerprint density at radius 1 is 1.29 bits per heavy atom. The highest BCUT2D eigenvalue weighted by atomic mass is 35.5. The van der Waals surface area contributed by atoms with Gasteiger partial charge in [-0.2, -0.15) is 0 Å². The number of Topliss-reactive ketones (excluding diaryl/α,β-unsaturated/α-hetero) is 1. The second-order valence-corrected chi connectivity index (χ2v) is 3.77. The van der Waals surface area contributed by atoms with Crippen LogP contribution in [-0.2, 0) is 4.79 Å². The van der Waals surface area contributed by atoms with Gasteiger partial charge in [-0.3, -0.25) is 4.79 Å². The summed E-state index contributed by atoms with van der Waals surface area (Å²) in [6, 6.07) is 7.54. The van der Waals surface area contributed by atoms with Crippen LogP contribution in [0.15, 0.2) is 24.3 Å². The molecular weight excluding hydrogens is 196 g/mol. The van der Waals surface area contributed by atoms with Crippen LogP contribution >= 0.6 is 11.6 Å². The van der Waals surface area contributed by atoms with Crippen LogP contribution in [0, 0.1) is 0 Å². The Labute approximate surface area is 90.1 Å². The van der Waals surface area contributed by atoms with Crippen molar-refractivity contribution in [3.63, 3.8) is 0 Å². The van der Waals surface area contributed by atoms with Crippen molar-refractivity contribution in [3.8, 4) is 0 Å². The highest BCUT2D eigenvalue weighted by Gasteiger charge is 2.16. The van der Waals surface area contributed by atoms with Gasteiger partial charge >= 0.3 is 0 Å². The van der Waals surface area contributed by atoms with Gasteiger partial charge in [0.15, 0.2) is 0 Å². The van der Waals surface area contributed by atoms with Gasteiger partial charge in [0.05, 0.1) is 0 Å². The van der Waals surface area contributed by atoms with E-state index in [9.17, 15) is 4.79 Å². The van der Waals surface area contributed by atoms with E-state index in [0.717, 1.165) is 12.0 Å². The molecule has 0 spiro atoms. The first-order valence-corrected chi connectivity index (χ1v) is 5.35. The molecule has 0 fully saturated rings. The lowest BCUT2D eigenvalue weighted by Crippen LogP contribution is -2.10. The number of ketones is 1. The average Bonchev–Trinajstić information content (AvgIpc) is 2.21. The van der Waals surface area contributed by atoms with Gasteiger partial charge in [0.25, 0.3) is 0 Å². The fraction of sp³-hybridized carbons (Fsp3) is 0.417. The summed E-state index contributed by atoms with van der Waals surface area (Å²) in [5.74, 6) is 0.340. The summed E-state index contributed by atoms with van der Waals surface area (Å²) in [6.07, 6.45) is 1.45.